The van der Waals surface area contributed by atoms with Crippen molar-refractivity contribution in [3.8, 4) is 22.8 Å². The summed E-state index contributed by atoms with van der Waals surface area (Å²) in [6, 6.07) is 24.2. The molecular formula is C20H13Cl2N3O. The van der Waals surface area contributed by atoms with Crippen molar-refractivity contribution in [2.75, 3.05) is 0 Å². The highest BCUT2D eigenvalue weighted by Crippen LogP contribution is 2.26. The van der Waals surface area contributed by atoms with Gasteiger partial charge in [-0.05, 0) is 30.3 Å². The van der Waals surface area contributed by atoms with Crippen LogP contribution in [0.25, 0.3) is 22.8 Å². The summed E-state index contributed by atoms with van der Waals surface area (Å²) in [5.74, 6) is 0.549. The van der Waals surface area contributed by atoms with Crippen LogP contribution in [0.2, 0.25) is 10.0 Å². The molecule has 0 N–H and O–H groups in total. The Bertz CT molecular complexity index is 1120. The van der Waals surface area contributed by atoms with E-state index < -0.39 is 5.69 Å². The van der Waals surface area contributed by atoms with Crippen LogP contribution in [0.3, 0.4) is 0 Å². The molecule has 4 rings (SSSR count). The zero-order valence-corrected chi connectivity index (χ0v) is 15.0. The minimum atomic E-state index is -0.397. The fourth-order valence-electron chi connectivity index (χ4n) is 2.79. The van der Waals surface area contributed by atoms with E-state index in [1.165, 1.54) is 4.68 Å². The fraction of sp³-hybridized carbons (Fsp3) is 0. The van der Waals surface area contributed by atoms with E-state index in [-0.39, 0.29) is 0 Å². The number of aromatic nitrogens is 3. The maximum Gasteiger partial charge on any atom is 0.369 e. The average Bonchev–Trinajstić information content (AvgIpc) is 3.03. The molecule has 0 unspecified atom stereocenters. The van der Waals surface area contributed by atoms with Crippen LogP contribution in [-0.2, 0) is 0 Å². The minimum Gasteiger partial charge on any atom is -0.244 e. The SMILES string of the molecule is O=c1nc(-c2ccccc2)n(-c2ccccc2)n1-c1ccc(Cl)c(Cl)c1. The highest BCUT2D eigenvalue weighted by molar-refractivity contribution is 6.42. The molecular weight excluding hydrogens is 369 g/mol. The Morgan fingerprint density at radius 1 is 0.692 bits per heavy atom. The molecule has 1 aromatic heterocycles. The molecule has 128 valence electrons. The predicted molar refractivity (Wildman–Crippen MR) is 105 cm³/mol. The van der Waals surface area contributed by atoms with Crippen molar-refractivity contribution in [3.63, 3.8) is 0 Å². The van der Waals surface area contributed by atoms with E-state index in [0.717, 1.165) is 11.3 Å². The molecule has 0 amide bonds. The van der Waals surface area contributed by atoms with Gasteiger partial charge in [0, 0.05) is 5.56 Å². The van der Waals surface area contributed by atoms with E-state index in [0.29, 0.717) is 21.6 Å². The molecule has 26 heavy (non-hydrogen) atoms. The van der Waals surface area contributed by atoms with Crippen LogP contribution in [0, 0.1) is 0 Å². The van der Waals surface area contributed by atoms with E-state index >= 15 is 0 Å². The van der Waals surface area contributed by atoms with Crippen molar-refractivity contribution in [2.45, 2.75) is 0 Å². The molecule has 0 radical (unpaired) electrons. The summed E-state index contributed by atoms with van der Waals surface area (Å²) < 4.78 is 3.26. The Morgan fingerprint density at radius 3 is 2.00 bits per heavy atom. The second-order valence-electron chi connectivity index (χ2n) is 5.64. The molecule has 0 saturated carbocycles. The number of rotatable bonds is 3. The van der Waals surface area contributed by atoms with E-state index in [4.69, 9.17) is 23.2 Å². The van der Waals surface area contributed by atoms with Gasteiger partial charge in [0.2, 0.25) is 0 Å². The molecule has 0 aliphatic heterocycles. The second-order valence-corrected chi connectivity index (χ2v) is 6.46. The van der Waals surface area contributed by atoms with Crippen LogP contribution in [0.5, 0.6) is 0 Å². The van der Waals surface area contributed by atoms with Gasteiger partial charge in [-0.2, -0.15) is 9.67 Å². The van der Waals surface area contributed by atoms with Gasteiger partial charge in [-0.25, -0.2) is 9.48 Å². The molecule has 0 atom stereocenters. The Kier molecular flexibility index (Phi) is 4.37. The smallest absolute Gasteiger partial charge is 0.244 e. The Morgan fingerprint density at radius 2 is 1.35 bits per heavy atom. The summed E-state index contributed by atoms with van der Waals surface area (Å²) in [6.07, 6.45) is 0. The second kappa shape index (κ2) is 6.83. The monoisotopic (exact) mass is 381 g/mol. The number of halogens is 2. The van der Waals surface area contributed by atoms with Crippen LogP contribution in [0.15, 0.2) is 83.7 Å². The highest BCUT2D eigenvalue weighted by atomic mass is 35.5. The first-order chi connectivity index (χ1) is 12.6. The first-order valence-corrected chi connectivity index (χ1v) is 8.69. The summed E-state index contributed by atoms with van der Waals surface area (Å²) >= 11 is 12.2. The third kappa shape index (κ3) is 2.94. The maximum atomic E-state index is 12.8. The van der Waals surface area contributed by atoms with Crippen LogP contribution in [0.1, 0.15) is 0 Å². The molecule has 0 aliphatic carbocycles. The summed E-state index contributed by atoms with van der Waals surface area (Å²) in [4.78, 5) is 17.0. The predicted octanol–water partition coefficient (Wildman–Crippen LogP) is 5.00. The Labute approximate surface area is 159 Å². The van der Waals surface area contributed by atoms with Gasteiger partial charge in [0.1, 0.15) is 0 Å². The lowest BCUT2D eigenvalue weighted by molar-refractivity contribution is 0.727. The number of hydrogen-bond donors (Lipinski definition) is 0. The molecule has 6 heteroatoms. The van der Waals surface area contributed by atoms with Crippen molar-refractivity contribution in [1.82, 2.24) is 14.3 Å². The lowest BCUT2D eigenvalue weighted by Gasteiger charge is -2.14. The summed E-state index contributed by atoms with van der Waals surface area (Å²) in [7, 11) is 0. The van der Waals surface area contributed by atoms with E-state index in [1.807, 2.05) is 60.7 Å². The first kappa shape index (κ1) is 16.6. The molecule has 0 saturated heterocycles. The van der Waals surface area contributed by atoms with E-state index in [1.54, 1.807) is 22.9 Å². The van der Waals surface area contributed by atoms with Crippen molar-refractivity contribution >= 4 is 23.2 Å². The molecule has 4 nitrogen and oxygen atoms in total. The number of hydrogen-bond acceptors (Lipinski definition) is 2. The number of nitrogens with zero attached hydrogens (tertiary/aromatic N) is 3. The average molecular weight is 382 g/mol. The van der Waals surface area contributed by atoms with Gasteiger partial charge in [-0.15, -0.1) is 0 Å². The minimum absolute atomic E-state index is 0.373. The Hall–Kier alpha value is -2.82. The van der Waals surface area contributed by atoms with Crippen LogP contribution in [-0.4, -0.2) is 14.3 Å². The molecule has 3 aromatic carbocycles. The topological polar surface area (TPSA) is 39.8 Å². The molecule has 0 bridgehead atoms. The van der Waals surface area contributed by atoms with Crippen molar-refractivity contribution in [2.24, 2.45) is 0 Å². The number of benzene rings is 3. The first-order valence-electron chi connectivity index (χ1n) is 7.93. The van der Waals surface area contributed by atoms with Gasteiger partial charge >= 0.3 is 5.69 Å². The van der Waals surface area contributed by atoms with Crippen molar-refractivity contribution in [1.29, 1.82) is 0 Å². The number of para-hydroxylation sites is 1. The Balaban J connectivity index is 2.04. The van der Waals surface area contributed by atoms with Gasteiger partial charge in [0.05, 0.1) is 21.4 Å². The van der Waals surface area contributed by atoms with Crippen LogP contribution in [0.4, 0.5) is 0 Å². The quantitative estimate of drug-likeness (QED) is 0.501. The molecule has 4 aromatic rings. The van der Waals surface area contributed by atoms with Crippen molar-refractivity contribution < 1.29 is 0 Å². The normalized spacial score (nSPS) is 10.8. The van der Waals surface area contributed by atoms with Crippen LogP contribution >= 0.6 is 23.2 Å². The highest BCUT2D eigenvalue weighted by Gasteiger charge is 2.18. The van der Waals surface area contributed by atoms with Gasteiger partial charge < -0.3 is 0 Å². The van der Waals surface area contributed by atoms with Gasteiger partial charge in [0.25, 0.3) is 0 Å². The summed E-state index contributed by atoms with van der Waals surface area (Å²) in [6.45, 7) is 0. The maximum absolute atomic E-state index is 12.8. The van der Waals surface area contributed by atoms with Crippen molar-refractivity contribution in [3.05, 3.63) is 99.4 Å². The molecule has 1 heterocycles. The van der Waals surface area contributed by atoms with Gasteiger partial charge in [-0.1, -0.05) is 71.7 Å². The zero-order valence-electron chi connectivity index (χ0n) is 13.5. The van der Waals surface area contributed by atoms with E-state index in [2.05, 4.69) is 4.98 Å². The summed E-state index contributed by atoms with van der Waals surface area (Å²) in [5.41, 5.74) is 1.84. The third-order valence-electron chi connectivity index (χ3n) is 3.96. The molecule has 0 fully saturated rings. The standard InChI is InChI=1S/C20H13Cl2N3O/c21-17-12-11-16(13-18(17)22)25-20(26)23-19(14-7-3-1-4-8-14)24(25)15-9-5-2-6-10-15/h1-13H. The van der Waals surface area contributed by atoms with Crippen LogP contribution < -0.4 is 5.69 Å². The summed E-state index contributed by atoms with van der Waals surface area (Å²) in [5, 5.41) is 0.802. The van der Waals surface area contributed by atoms with Gasteiger partial charge in [0.15, 0.2) is 5.82 Å². The molecule has 0 aliphatic rings. The third-order valence-corrected chi connectivity index (χ3v) is 4.70. The zero-order chi connectivity index (χ0) is 18.1. The fourth-order valence-corrected chi connectivity index (χ4v) is 3.08. The lowest BCUT2D eigenvalue weighted by Crippen LogP contribution is -2.21. The largest absolute Gasteiger partial charge is 0.369 e. The van der Waals surface area contributed by atoms with E-state index in [9.17, 15) is 4.79 Å². The molecule has 0 spiro atoms. The van der Waals surface area contributed by atoms with Gasteiger partial charge in [-0.3, -0.25) is 0 Å². The lowest BCUT2D eigenvalue weighted by atomic mass is 10.2.